The van der Waals surface area contributed by atoms with Gasteiger partial charge in [-0.25, -0.2) is 0 Å². The van der Waals surface area contributed by atoms with Crippen molar-refractivity contribution in [1.29, 1.82) is 0 Å². The van der Waals surface area contributed by atoms with Gasteiger partial charge in [-0.2, -0.15) is 0 Å². The molecule has 0 saturated carbocycles. The molecule has 72 valence electrons. The molecule has 1 unspecified atom stereocenters. The van der Waals surface area contributed by atoms with Crippen LogP contribution in [-0.2, 0) is 9.59 Å². The van der Waals surface area contributed by atoms with E-state index in [4.69, 9.17) is 0 Å². The molecule has 1 atom stereocenters. The van der Waals surface area contributed by atoms with Gasteiger partial charge in [0.25, 0.3) is 0 Å². The number of Topliss-reactive ketones (excluding diaryl/α,β-unsaturated/α-hetero) is 1. The molecule has 0 spiro atoms. The molecule has 0 bridgehead atoms. The van der Waals surface area contributed by atoms with Crippen molar-refractivity contribution in [1.82, 2.24) is 4.90 Å². The summed E-state index contributed by atoms with van der Waals surface area (Å²) in [6.45, 7) is 2.70. The zero-order valence-corrected chi connectivity index (χ0v) is 8.01. The second kappa shape index (κ2) is 2.82. The molecule has 13 heavy (non-hydrogen) atoms. The van der Waals surface area contributed by atoms with Gasteiger partial charge in [-0.15, -0.1) is 0 Å². The van der Waals surface area contributed by atoms with E-state index >= 15 is 0 Å². The van der Waals surface area contributed by atoms with Crippen LogP contribution in [0.1, 0.15) is 39.0 Å². The van der Waals surface area contributed by atoms with E-state index in [1.165, 1.54) is 0 Å². The van der Waals surface area contributed by atoms with E-state index in [0.29, 0.717) is 12.8 Å². The quantitative estimate of drug-likeness (QED) is 0.561. The topological polar surface area (TPSA) is 37.4 Å². The summed E-state index contributed by atoms with van der Waals surface area (Å²) in [5.74, 6) is 0.432. The summed E-state index contributed by atoms with van der Waals surface area (Å²) in [5.41, 5.74) is -0.451. The van der Waals surface area contributed by atoms with Crippen molar-refractivity contribution in [2.45, 2.75) is 44.6 Å². The van der Waals surface area contributed by atoms with Crippen LogP contribution in [0, 0.1) is 0 Å². The number of amides is 1. The molecule has 0 aromatic heterocycles. The number of carbonyl (C=O) groups is 2. The predicted octanol–water partition coefficient (Wildman–Crippen LogP) is 1.12. The lowest BCUT2D eigenvalue weighted by Crippen LogP contribution is -2.49. The third-order valence-electron chi connectivity index (χ3n) is 3.34. The van der Waals surface area contributed by atoms with Crippen LogP contribution >= 0.6 is 0 Å². The highest BCUT2D eigenvalue weighted by atomic mass is 16.2. The van der Waals surface area contributed by atoms with E-state index in [1.807, 2.05) is 6.92 Å². The molecule has 2 saturated heterocycles. The third-order valence-corrected chi connectivity index (χ3v) is 3.34. The minimum atomic E-state index is -0.451. The molecule has 3 heteroatoms. The van der Waals surface area contributed by atoms with Crippen LogP contribution in [0.15, 0.2) is 0 Å². The van der Waals surface area contributed by atoms with E-state index in [1.54, 1.807) is 4.90 Å². The average molecular weight is 181 g/mol. The first-order valence-electron chi connectivity index (χ1n) is 4.98. The number of hydrogen-bond donors (Lipinski definition) is 0. The average Bonchev–Trinajstić information content (AvgIpc) is 2.44. The molecular formula is C10H15NO2. The first-order chi connectivity index (χ1) is 6.14. The first kappa shape index (κ1) is 8.73. The zero-order chi connectivity index (χ0) is 9.47. The maximum atomic E-state index is 11.8. The molecule has 0 aliphatic carbocycles. The fourth-order valence-electron chi connectivity index (χ4n) is 2.46. The van der Waals surface area contributed by atoms with Crippen molar-refractivity contribution >= 4 is 11.7 Å². The number of rotatable bonds is 0. The summed E-state index contributed by atoms with van der Waals surface area (Å²) >= 11 is 0. The van der Waals surface area contributed by atoms with Crippen LogP contribution < -0.4 is 0 Å². The standard InChI is InChI=1S/C10H15NO2/c1-10-6-3-7-11(10)9(13)5-2-4-8(10)12/h2-7H2,1H3. The van der Waals surface area contributed by atoms with Crippen LogP contribution in [0.2, 0.25) is 0 Å². The number of carbonyl (C=O) groups excluding carboxylic acids is 2. The Kier molecular flexibility index (Phi) is 1.90. The van der Waals surface area contributed by atoms with Gasteiger partial charge in [0, 0.05) is 19.4 Å². The molecular weight excluding hydrogens is 166 g/mol. The van der Waals surface area contributed by atoms with Crippen molar-refractivity contribution in [3.63, 3.8) is 0 Å². The van der Waals surface area contributed by atoms with Crippen LogP contribution in [0.25, 0.3) is 0 Å². The monoisotopic (exact) mass is 181 g/mol. The van der Waals surface area contributed by atoms with Gasteiger partial charge in [-0.1, -0.05) is 0 Å². The largest absolute Gasteiger partial charge is 0.330 e. The smallest absolute Gasteiger partial charge is 0.223 e. The Morgan fingerprint density at radius 1 is 1.23 bits per heavy atom. The summed E-state index contributed by atoms with van der Waals surface area (Å²) in [5, 5.41) is 0. The Morgan fingerprint density at radius 3 is 2.77 bits per heavy atom. The highest BCUT2D eigenvalue weighted by Gasteiger charge is 2.45. The van der Waals surface area contributed by atoms with Gasteiger partial charge in [0.05, 0.1) is 5.54 Å². The molecule has 0 aromatic rings. The summed E-state index contributed by atoms with van der Waals surface area (Å²) in [7, 11) is 0. The van der Waals surface area contributed by atoms with Crippen molar-refractivity contribution in [2.75, 3.05) is 6.54 Å². The van der Waals surface area contributed by atoms with E-state index in [0.717, 1.165) is 25.8 Å². The Labute approximate surface area is 78.1 Å². The predicted molar refractivity (Wildman–Crippen MR) is 48.2 cm³/mol. The van der Waals surface area contributed by atoms with Crippen molar-refractivity contribution in [3.05, 3.63) is 0 Å². The van der Waals surface area contributed by atoms with Gasteiger partial charge in [-0.3, -0.25) is 9.59 Å². The Bertz CT molecular complexity index is 262. The van der Waals surface area contributed by atoms with Crippen LogP contribution in [-0.4, -0.2) is 28.7 Å². The summed E-state index contributed by atoms with van der Waals surface area (Å²) < 4.78 is 0. The van der Waals surface area contributed by atoms with Crippen molar-refractivity contribution < 1.29 is 9.59 Å². The fourth-order valence-corrected chi connectivity index (χ4v) is 2.46. The number of fused-ring (bicyclic) bond motifs is 1. The molecule has 1 amide bonds. The Balaban J connectivity index is 2.33. The lowest BCUT2D eigenvalue weighted by atomic mass is 9.92. The van der Waals surface area contributed by atoms with Gasteiger partial charge < -0.3 is 4.90 Å². The SMILES string of the molecule is CC12CCCN1C(=O)CCCC2=O. The molecule has 2 rings (SSSR count). The zero-order valence-electron chi connectivity index (χ0n) is 8.01. The second-order valence-corrected chi connectivity index (χ2v) is 4.20. The Morgan fingerprint density at radius 2 is 2.00 bits per heavy atom. The number of hydrogen-bond acceptors (Lipinski definition) is 2. The van der Waals surface area contributed by atoms with E-state index in [2.05, 4.69) is 0 Å². The number of ketones is 1. The molecule has 2 fully saturated rings. The third kappa shape index (κ3) is 1.18. The minimum Gasteiger partial charge on any atom is -0.330 e. The van der Waals surface area contributed by atoms with Crippen LogP contribution in [0.3, 0.4) is 0 Å². The highest BCUT2D eigenvalue weighted by Crippen LogP contribution is 2.34. The molecule has 0 N–H and O–H groups in total. The van der Waals surface area contributed by atoms with Crippen LogP contribution in [0.5, 0.6) is 0 Å². The lowest BCUT2D eigenvalue weighted by Gasteiger charge is -2.31. The molecule has 2 aliphatic heterocycles. The second-order valence-electron chi connectivity index (χ2n) is 4.20. The normalized spacial score (nSPS) is 34.7. The fraction of sp³-hybridized carbons (Fsp3) is 0.800. The van der Waals surface area contributed by atoms with Crippen LogP contribution in [0.4, 0.5) is 0 Å². The summed E-state index contributed by atoms with van der Waals surface area (Å²) in [6, 6.07) is 0. The highest BCUT2D eigenvalue weighted by molar-refractivity contribution is 5.94. The maximum absolute atomic E-state index is 11.8. The van der Waals surface area contributed by atoms with Gasteiger partial charge in [0.2, 0.25) is 5.91 Å². The van der Waals surface area contributed by atoms with Gasteiger partial charge in [0.15, 0.2) is 5.78 Å². The molecule has 0 radical (unpaired) electrons. The lowest BCUT2D eigenvalue weighted by molar-refractivity contribution is -0.140. The molecule has 0 aromatic carbocycles. The minimum absolute atomic E-state index is 0.172. The molecule has 2 aliphatic rings. The maximum Gasteiger partial charge on any atom is 0.223 e. The van der Waals surface area contributed by atoms with Gasteiger partial charge in [-0.05, 0) is 26.2 Å². The molecule has 3 nitrogen and oxygen atoms in total. The van der Waals surface area contributed by atoms with E-state index in [-0.39, 0.29) is 11.7 Å². The summed E-state index contributed by atoms with van der Waals surface area (Å²) in [6.07, 6.45) is 3.72. The van der Waals surface area contributed by atoms with E-state index < -0.39 is 5.54 Å². The Hall–Kier alpha value is -0.860. The van der Waals surface area contributed by atoms with Gasteiger partial charge in [0.1, 0.15) is 0 Å². The molecule has 2 heterocycles. The van der Waals surface area contributed by atoms with Gasteiger partial charge >= 0.3 is 0 Å². The van der Waals surface area contributed by atoms with Crippen molar-refractivity contribution in [3.8, 4) is 0 Å². The summed E-state index contributed by atoms with van der Waals surface area (Å²) in [4.78, 5) is 25.2. The first-order valence-corrected chi connectivity index (χ1v) is 4.98. The number of nitrogens with zero attached hydrogens (tertiary/aromatic N) is 1. The van der Waals surface area contributed by atoms with E-state index in [9.17, 15) is 9.59 Å². The van der Waals surface area contributed by atoms with Crippen molar-refractivity contribution in [2.24, 2.45) is 0 Å².